The number of thiophene rings is 1. The summed E-state index contributed by atoms with van der Waals surface area (Å²) in [6, 6.07) is 17.1. The van der Waals surface area contributed by atoms with Gasteiger partial charge in [0.15, 0.2) is 0 Å². The number of allylic oxidation sites excluding steroid dienone is 2. The van der Waals surface area contributed by atoms with E-state index in [2.05, 4.69) is 0 Å². The van der Waals surface area contributed by atoms with Crippen molar-refractivity contribution in [3.63, 3.8) is 0 Å². The highest BCUT2D eigenvalue weighted by atomic mass is 35.5. The summed E-state index contributed by atoms with van der Waals surface area (Å²) in [5.74, 6) is -4.87. The number of phenols is 1. The largest absolute Gasteiger partial charge is 0.507 e. The number of nitrogens with zero attached hydrogens (tertiary/aromatic N) is 4. The molecule has 2 aromatic heterocycles. The minimum Gasteiger partial charge on any atom is -0.507 e. The SMILES string of the molecule is COc1cc(O)c([C@H]2C3=CC[C@@H]4C(=O)N(c5ccc(Cl)cc5)C(=O)[C@@H]4[C@@H]3C[C@H]3C(=O)N(c4cc(-c5sc6ccc(Cl)cc6c5C)nn4C)C(=O)[C@@]23C)c(OC)c1. The molecule has 2 aliphatic carbocycles. The van der Waals surface area contributed by atoms with Crippen LogP contribution in [0.5, 0.6) is 17.2 Å². The van der Waals surface area contributed by atoms with E-state index in [9.17, 15) is 19.5 Å². The van der Waals surface area contributed by atoms with Crippen LogP contribution in [0.1, 0.15) is 36.8 Å². The molecule has 9 rings (SSSR count). The van der Waals surface area contributed by atoms with Crippen molar-refractivity contribution in [2.75, 3.05) is 24.0 Å². The molecule has 3 aromatic carbocycles. The zero-order chi connectivity index (χ0) is 39.5. The van der Waals surface area contributed by atoms with E-state index in [-0.39, 0.29) is 36.2 Å². The van der Waals surface area contributed by atoms with E-state index in [1.807, 2.05) is 31.2 Å². The number of halogens is 2. The molecule has 0 unspecified atom stereocenters. The summed E-state index contributed by atoms with van der Waals surface area (Å²) in [5, 5.41) is 18.6. The third-order valence-corrected chi connectivity index (χ3v) is 14.2. The van der Waals surface area contributed by atoms with Crippen molar-refractivity contribution in [3.05, 3.63) is 93.5 Å². The molecule has 0 radical (unpaired) electrons. The van der Waals surface area contributed by atoms with Crippen LogP contribution in [0.4, 0.5) is 11.5 Å². The maximum Gasteiger partial charge on any atom is 0.242 e. The number of methoxy groups -OCH3 is 2. The minimum atomic E-state index is -1.44. The van der Waals surface area contributed by atoms with Gasteiger partial charge in [-0.2, -0.15) is 5.10 Å². The summed E-state index contributed by atoms with van der Waals surface area (Å²) in [4.78, 5) is 62.0. The summed E-state index contributed by atoms with van der Waals surface area (Å²) in [7, 11) is 4.62. The van der Waals surface area contributed by atoms with E-state index in [1.54, 1.807) is 61.7 Å². The third-order valence-electron chi connectivity index (χ3n) is 12.4. The van der Waals surface area contributed by atoms with Crippen LogP contribution in [0.25, 0.3) is 20.7 Å². The highest BCUT2D eigenvalue weighted by molar-refractivity contribution is 7.22. The summed E-state index contributed by atoms with van der Waals surface area (Å²) in [6.45, 7) is 3.75. The van der Waals surface area contributed by atoms with E-state index >= 15 is 4.79 Å². The van der Waals surface area contributed by atoms with Gasteiger partial charge in [0.05, 0.1) is 48.0 Å². The number of aryl methyl sites for hydroxylation is 2. The number of phenolic OH excluding ortho intramolecular Hbond substituents is 1. The van der Waals surface area contributed by atoms with Gasteiger partial charge in [-0.3, -0.25) is 28.8 Å². The number of hydrogen-bond donors (Lipinski definition) is 1. The Labute approximate surface area is 336 Å². The molecule has 6 atom stereocenters. The average Bonchev–Trinajstić information content (AvgIpc) is 3.85. The molecule has 4 heterocycles. The van der Waals surface area contributed by atoms with Crippen molar-refractivity contribution >= 4 is 79.8 Å². The predicted molar refractivity (Wildman–Crippen MR) is 214 cm³/mol. The molecule has 14 heteroatoms. The number of carbonyl (C=O) groups is 4. The second kappa shape index (κ2) is 12.9. The Kier molecular flexibility index (Phi) is 8.43. The lowest BCUT2D eigenvalue weighted by Gasteiger charge is -2.49. The van der Waals surface area contributed by atoms with E-state index in [1.165, 1.54) is 34.8 Å². The number of aromatic hydroxyl groups is 1. The zero-order valence-electron chi connectivity index (χ0n) is 31.0. The van der Waals surface area contributed by atoms with Crippen molar-refractivity contribution in [2.45, 2.75) is 32.6 Å². The summed E-state index contributed by atoms with van der Waals surface area (Å²) in [5.41, 5.74) is 1.55. The molecule has 5 aromatic rings. The van der Waals surface area contributed by atoms with Gasteiger partial charge in [-0.1, -0.05) is 34.9 Å². The number of fused-ring (bicyclic) bond motifs is 5. The zero-order valence-corrected chi connectivity index (χ0v) is 33.3. The molecule has 0 bridgehead atoms. The minimum absolute atomic E-state index is 0.134. The van der Waals surface area contributed by atoms with Crippen LogP contribution in [0.3, 0.4) is 0 Å². The lowest BCUT2D eigenvalue weighted by molar-refractivity contribution is -0.131. The van der Waals surface area contributed by atoms with Crippen LogP contribution in [0.15, 0.2) is 72.3 Å². The second-order valence-electron chi connectivity index (χ2n) is 15.1. The maximum absolute atomic E-state index is 15.3. The number of imide groups is 2. The summed E-state index contributed by atoms with van der Waals surface area (Å²) in [6.07, 6.45) is 2.30. The van der Waals surface area contributed by atoms with Gasteiger partial charge >= 0.3 is 0 Å². The number of hydrogen-bond acceptors (Lipinski definition) is 9. The topological polar surface area (TPSA) is 131 Å². The molecule has 286 valence electrons. The lowest BCUT2D eigenvalue weighted by Crippen LogP contribution is -2.49. The normalized spacial score (nSPS) is 25.8. The quantitative estimate of drug-likeness (QED) is 0.135. The fraction of sp³-hybridized carbons (Fsp3) is 0.310. The summed E-state index contributed by atoms with van der Waals surface area (Å²) >= 11 is 14.0. The van der Waals surface area contributed by atoms with Crippen LogP contribution in [0, 0.1) is 36.0 Å². The highest BCUT2D eigenvalue weighted by Crippen LogP contribution is 2.66. The van der Waals surface area contributed by atoms with E-state index in [4.69, 9.17) is 37.8 Å². The molecule has 1 saturated carbocycles. The molecule has 0 spiro atoms. The van der Waals surface area contributed by atoms with Gasteiger partial charge in [-0.25, -0.2) is 4.90 Å². The molecule has 1 N–H and O–H groups in total. The van der Waals surface area contributed by atoms with Crippen molar-refractivity contribution in [1.29, 1.82) is 0 Å². The molecule has 4 aliphatic rings. The molecular formula is C42H36Cl2N4O7S. The standard InChI is InChI=1S/C42H36Cl2N4O7S/c1-19-26-14-21(44)8-13-32(26)56-37(19)29-18-33(46(3)45-29)48-39(51)28-17-27-24(11-12-25-34(27)40(52)47(38(25)50)22-9-6-20(43)7-10-22)36(42(28,2)41(48)53)35-30(49)15-23(54-4)16-31(35)55-5/h6-11,13-16,18,25,27-28,34,36,49H,12,17H2,1-5H3/t25-,27+,28-,34-,36+,42+/m0/s1. The Bertz CT molecular complexity index is 2580. The van der Waals surface area contributed by atoms with Gasteiger partial charge in [-0.15, -0.1) is 11.3 Å². The predicted octanol–water partition coefficient (Wildman–Crippen LogP) is 8.08. The van der Waals surface area contributed by atoms with Crippen LogP contribution in [-0.4, -0.2) is 52.7 Å². The number of amides is 4. The fourth-order valence-corrected chi connectivity index (χ4v) is 11.2. The van der Waals surface area contributed by atoms with Crippen molar-refractivity contribution in [2.24, 2.45) is 36.1 Å². The van der Waals surface area contributed by atoms with Crippen LogP contribution in [0.2, 0.25) is 10.0 Å². The second-order valence-corrected chi connectivity index (χ2v) is 17.0. The first-order valence-corrected chi connectivity index (χ1v) is 19.7. The number of aromatic nitrogens is 2. The van der Waals surface area contributed by atoms with Crippen LogP contribution >= 0.6 is 34.5 Å². The first-order chi connectivity index (χ1) is 26.8. The molecule has 11 nitrogen and oxygen atoms in total. The van der Waals surface area contributed by atoms with Crippen LogP contribution in [-0.2, 0) is 26.2 Å². The number of benzene rings is 3. The molecule has 2 aliphatic heterocycles. The number of rotatable bonds is 6. The number of ether oxygens (including phenoxy) is 2. The van der Waals surface area contributed by atoms with Crippen molar-refractivity contribution in [1.82, 2.24) is 9.78 Å². The Morgan fingerprint density at radius 3 is 2.34 bits per heavy atom. The Morgan fingerprint density at radius 1 is 0.893 bits per heavy atom. The van der Waals surface area contributed by atoms with E-state index < -0.39 is 46.8 Å². The van der Waals surface area contributed by atoms with Gasteiger partial charge in [0.1, 0.15) is 28.8 Å². The van der Waals surface area contributed by atoms with Gasteiger partial charge in [0.2, 0.25) is 23.6 Å². The molecular weight excluding hydrogens is 775 g/mol. The Hall–Kier alpha value is -5.17. The monoisotopic (exact) mass is 810 g/mol. The maximum atomic E-state index is 15.3. The molecule has 3 fully saturated rings. The summed E-state index contributed by atoms with van der Waals surface area (Å²) < 4.78 is 13.9. The molecule has 4 amide bonds. The first kappa shape index (κ1) is 36.5. The van der Waals surface area contributed by atoms with Crippen LogP contribution < -0.4 is 19.3 Å². The lowest BCUT2D eigenvalue weighted by atomic mass is 9.51. The van der Waals surface area contributed by atoms with Gasteiger partial charge in [0, 0.05) is 51.5 Å². The smallest absolute Gasteiger partial charge is 0.242 e. The third kappa shape index (κ3) is 5.04. The van der Waals surface area contributed by atoms with Crippen molar-refractivity contribution < 1.29 is 33.8 Å². The highest BCUT2D eigenvalue weighted by Gasteiger charge is 2.68. The first-order valence-electron chi connectivity index (χ1n) is 18.2. The van der Waals surface area contributed by atoms with E-state index in [0.29, 0.717) is 44.1 Å². The van der Waals surface area contributed by atoms with Gasteiger partial charge in [0.25, 0.3) is 0 Å². The molecule has 2 saturated heterocycles. The Morgan fingerprint density at radius 2 is 1.62 bits per heavy atom. The number of carbonyl (C=O) groups excluding carboxylic acids is 4. The van der Waals surface area contributed by atoms with Gasteiger partial charge in [-0.05, 0) is 86.0 Å². The van der Waals surface area contributed by atoms with Crippen molar-refractivity contribution in [3.8, 4) is 27.8 Å². The average molecular weight is 812 g/mol. The number of anilines is 2. The van der Waals surface area contributed by atoms with E-state index in [0.717, 1.165) is 20.5 Å². The fourth-order valence-electron chi connectivity index (χ4n) is 9.77. The van der Waals surface area contributed by atoms with Gasteiger partial charge < -0.3 is 14.6 Å². The Balaban J connectivity index is 1.18. The molecule has 56 heavy (non-hydrogen) atoms.